The molecule has 1 atom stereocenters. The van der Waals surface area contributed by atoms with Crippen LogP contribution in [0.5, 0.6) is 11.5 Å². The van der Waals surface area contributed by atoms with Crippen LogP contribution in [0.15, 0.2) is 72.8 Å². The number of rotatable bonds is 8. The number of aryl methyl sites for hydroxylation is 1. The molecular weight excluding hydrogens is 362 g/mol. The van der Waals surface area contributed by atoms with Crippen molar-refractivity contribution in [3.63, 3.8) is 0 Å². The Hall–Kier alpha value is -2.82. The molecule has 0 unspecified atom stereocenters. The quantitative estimate of drug-likeness (QED) is 0.623. The van der Waals surface area contributed by atoms with Crippen LogP contribution in [-0.4, -0.2) is 29.4 Å². The standard InChI is InChI=1S/C25H27NO3/c1-19-7-5-6-10-22(19)16-26(17-23(27)13-20-8-3-2-4-9-20)15-21-11-12-24-25(14-21)29-18-28-24/h2-12,14,23,27H,13,15-18H2,1H3/t23-/m1/s1. The first-order valence-corrected chi connectivity index (χ1v) is 10.0. The van der Waals surface area contributed by atoms with Gasteiger partial charge in [-0.15, -0.1) is 0 Å². The highest BCUT2D eigenvalue weighted by atomic mass is 16.7. The van der Waals surface area contributed by atoms with E-state index in [9.17, 15) is 5.11 Å². The first-order chi connectivity index (χ1) is 14.2. The van der Waals surface area contributed by atoms with Gasteiger partial charge in [-0.2, -0.15) is 0 Å². The van der Waals surface area contributed by atoms with E-state index in [2.05, 4.69) is 54.3 Å². The van der Waals surface area contributed by atoms with E-state index in [4.69, 9.17) is 9.47 Å². The number of nitrogens with zero attached hydrogens (tertiary/aromatic N) is 1. The van der Waals surface area contributed by atoms with Crippen LogP contribution in [0, 0.1) is 6.92 Å². The van der Waals surface area contributed by atoms with Gasteiger partial charge in [-0.1, -0.05) is 60.7 Å². The van der Waals surface area contributed by atoms with Gasteiger partial charge in [0.15, 0.2) is 11.5 Å². The molecule has 150 valence electrons. The van der Waals surface area contributed by atoms with E-state index in [0.29, 0.717) is 13.0 Å². The van der Waals surface area contributed by atoms with E-state index in [1.54, 1.807) is 0 Å². The molecule has 0 saturated heterocycles. The fourth-order valence-corrected chi connectivity index (χ4v) is 3.76. The lowest BCUT2D eigenvalue weighted by atomic mass is 10.1. The summed E-state index contributed by atoms with van der Waals surface area (Å²) in [5, 5.41) is 10.8. The molecule has 0 fully saturated rings. The molecule has 29 heavy (non-hydrogen) atoms. The van der Waals surface area contributed by atoms with Crippen LogP contribution in [0.3, 0.4) is 0 Å². The number of hydrogen-bond acceptors (Lipinski definition) is 4. The highest BCUT2D eigenvalue weighted by Crippen LogP contribution is 2.33. The van der Waals surface area contributed by atoms with Crippen LogP contribution in [0.1, 0.15) is 22.3 Å². The normalized spacial score (nSPS) is 13.6. The van der Waals surface area contributed by atoms with E-state index in [0.717, 1.165) is 35.7 Å². The molecule has 4 nitrogen and oxygen atoms in total. The smallest absolute Gasteiger partial charge is 0.231 e. The van der Waals surface area contributed by atoms with Crippen LogP contribution in [-0.2, 0) is 19.5 Å². The van der Waals surface area contributed by atoms with Gasteiger partial charge in [0.05, 0.1) is 6.10 Å². The minimum atomic E-state index is -0.435. The molecule has 4 rings (SSSR count). The number of aliphatic hydroxyl groups is 1. The second kappa shape index (κ2) is 9.12. The summed E-state index contributed by atoms with van der Waals surface area (Å²) in [6, 6.07) is 24.6. The van der Waals surface area contributed by atoms with Gasteiger partial charge in [-0.05, 0) is 47.7 Å². The van der Waals surface area contributed by atoms with Crippen molar-refractivity contribution in [2.45, 2.75) is 32.5 Å². The summed E-state index contributed by atoms with van der Waals surface area (Å²) in [5.41, 5.74) is 4.84. The number of aliphatic hydroxyl groups excluding tert-OH is 1. The minimum Gasteiger partial charge on any atom is -0.454 e. The molecule has 0 aromatic heterocycles. The van der Waals surface area contributed by atoms with Crippen LogP contribution in [0.4, 0.5) is 0 Å². The third-order valence-corrected chi connectivity index (χ3v) is 5.28. The highest BCUT2D eigenvalue weighted by Gasteiger charge is 2.17. The Morgan fingerprint density at radius 2 is 1.62 bits per heavy atom. The lowest BCUT2D eigenvalue weighted by molar-refractivity contribution is 0.104. The van der Waals surface area contributed by atoms with Crippen LogP contribution in [0.25, 0.3) is 0 Å². The van der Waals surface area contributed by atoms with Gasteiger partial charge in [-0.25, -0.2) is 0 Å². The minimum absolute atomic E-state index is 0.279. The molecule has 1 aliphatic rings. The Balaban J connectivity index is 1.49. The zero-order chi connectivity index (χ0) is 20.1. The van der Waals surface area contributed by atoms with Crippen molar-refractivity contribution in [1.29, 1.82) is 0 Å². The highest BCUT2D eigenvalue weighted by molar-refractivity contribution is 5.44. The van der Waals surface area contributed by atoms with Crippen molar-refractivity contribution >= 4 is 0 Å². The molecule has 0 bridgehead atoms. The maximum absolute atomic E-state index is 10.8. The summed E-state index contributed by atoms with van der Waals surface area (Å²) in [6.07, 6.45) is 0.210. The number of hydrogen-bond donors (Lipinski definition) is 1. The number of ether oxygens (including phenoxy) is 2. The van der Waals surface area contributed by atoms with Gasteiger partial charge in [0.25, 0.3) is 0 Å². The molecule has 0 saturated carbocycles. The zero-order valence-electron chi connectivity index (χ0n) is 16.8. The average molecular weight is 389 g/mol. The molecule has 3 aromatic rings. The Labute approximate surface area is 172 Å². The maximum Gasteiger partial charge on any atom is 0.231 e. The van der Waals surface area contributed by atoms with Gasteiger partial charge in [0, 0.05) is 19.6 Å². The summed E-state index contributed by atoms with van der Waals surface area (Å²) in [7, 11) is 0. The third kappa shape index (κ3) is 5.17. The fraction of sp³-hybridized carbons (Fsp3) is 0.280. The lowest BCUT2D eigenvalue weighted by Gasteiger charge is -2.26. The van der Waals surface area contributed by atoms with Gasteiger partial charge in [0.1, 0.15) is 0 Å². The predicted molar refractivity (Wildman–Crippen MR) is 114 cm³/mol. The molecular formula is C25H27NO3. The first-order valence-electron chi connectivity index (χ1n) is 10.0. The molecule has 0 spiro atoms. The van der Waals surface area contributed by atoms with Crippen molar-refractivity contribution < 1.29 is 14.6 Å². The zero-order valence-corrected chi connectivity index (χ0v) is 16.8. The second-order valence-corrected chi connectivity index (χ2v) is 7.63. The SMILES string of the molecule is Cc1ccccc1CN(Cc1ccc2c(c1)OCO2)C[C@H](O)Cc1ccccc1. The molecule has 0 amide bonds. The van der Waals surface area contributed by atoms with Crippen molar-refractivity contribution in [2.75, 3.05) is 13.3 Å². The second-order valence-electron chi connectivity index (χ2n) is 7.63. The molecule has 1 aliphatic heterocycles. The topological polar surface area (TPSA) is 41.9 Å². The molecule has 4 heteroatoms. The molecule has 0 radical (unpaired) electrons. The Morgan fingerprint density at radius 1 is 0.862 bits per heavy atom. The Bertz CT molecular complexity index is 942. The predicted octanol–water partition coefficient (Wildman–Crippen LogP) is 4.33. The van der Waals surface area contributed by atoms with E-state index >= 15 is 0 Å². The van der Waals surface area contributed by atoms with Gasteiger partial charge in [-0.3, -0.25) is 4.90 Å². The fourth-order valence-electron chi connectivity index (χ4n) is 3.76. The summed E-state index contributed by atoms with van der Waals surface area (Å²) in [4.78, 5) is 2.30. The van der Waals surface area contributed by atoms with E-state index in [1.807, 2.05) is 30.3 Å². The summed E-state index contributed by atoms with van der Waals surface area (Å²) >= 11 is 0. The maximum atomic E-state index is 10.8. The largest absolute Gasteiger partial charge is 0.454 e. The van der Waals surface area contributed by atoms with Crippen molar-refractivity contribution in [2.24, 2.45) is 0 Å². The number of fused-ring (bicyclic) bond motifs is 1. The monoisotopic (exact) mass is 389 g/mol. The van der Waals surface area contributed by atoms with Crippen molar-refractivity contribution in [3.05, 3.63) is 95.1 Å². The first kappa shape index (κ1) is 19.5. The molecule has 1 heterocycles. The van der Waals surface area contributed by atoms with E-state index in [-0.39, 0.29) is 6.79 Å². The number of benzene rings is 3. The van der Waals surface area contributed by atoms with Gasteiger partial charge < -0.3 is 14.6 Å². The lowest BCUT2D eigenvalue weighted by Crippen LogP contribution is -2.33. The van der Waals surface area contributed by atoms with E-state index in [1.165, 1.54) is 11.1 Å². The molecule has 0 aliphatic carbocycles. The van der Waals surface area contributed by atoms with Gasteiger partial charge >= 0.3 is 0 Å². The van der Waals surface area contributed by atoms with E-state index < -0.39 is 6.10 Å². The van der Waals surface area contributed by atoms with Gasteiger partial charge in [0.2, 0.25) is 6.79 Å². The van der Waals surface area contributed by atoms with Crippen molar-refractivity contribution in [1.82, 2.24) is 4.90 Å². The van der Waals surface area contributed by atoms with Crippen LogP contribution < -0.4 is 9.47 Å². The summed E-state index contributed by atoms with van der Waals surface area (Å²) in [6.45, 7) is 4.53. The summed E-state index contributed by atoms with van der Waals surface area (Å²) < 4.78 is 11.0. The summed E-state index contributed by atoms with van der Waals surface area (Å²) in [5.74, 6) is 1.59. The Kier molecular flexibility index (Phi) is 6.13. The van der Waals surface area contributed by atoms with Crippen molar-refractivity contribution in [3.8, 4) is 11.5 Å². The third-order valence-electron chi connectivity index (χ3n) is 5.28. The molecule has 3 aromatic carbocycles. The van der Waals surface area contributed by atoms with Crippen LogP contribution in [0.2, 0.25) is 0 Å². The average Bonchev–Trinajstić information content (AvgIpc) is 3.18. The Morgan fingerprint density at radius 3 is 2.45 bits per heavy atom. The molecule has 1 N–H and O–H groups in total. The van der Waals surface area contributed by atoms with Crippen LogP contribution >= 0.6 is 0 Å².